The molecule has 3 aromatic rings. The van der Waals surface area contributed by atoms with E-state index in [2.05, 4.69) is 56.4 Å². The van der Waals surface area contributed by atoms with Crippen molar-refractivity contribution in [2.45, 2.75) is 274 Å². The van der Waals surface area contributed by atoms with Crippen molar-refractivity contribution >= 4 is 48.1 Å². The van der Waals surface area contributed by atoms with Crippen LogP contribution in [0.2, 0.25) is 0 Å². The molecule has 3 aliphatic heterocycles. The molecule has 3 saturated carbocycles. The molecule has 636 valence electrons. The lowest BCUT2D eigenvalue weighted by Crippen LogP contribution is -2.46. The van der Waals surface area contributed by atoms with Gasteiger partial charge in [0.1, 0.15) is 25.8 Å². The zero-order valence-electron chi connectivity index (χ0n) is 69.4. The van der Waals surface area contributed by atoms with Gasteiger partial charge in [0.05, 0.1) is 48.4 Å². The summed E-state index contributed by atoms with van der Waals surface area (Å²) in [6, 6.07) is 28.0. The number of nitrogens with zero attached hydrogens (tertiary/aromatic N) is 3. The Balaban J connectivity index is 0.000000675. The largest absolute Gasteiger partial charge is 0.553 e. The maximum Gasteiger partial charge on any atom is 0.373 e. The number of likely N-dealkylation sites (N-methyl/N-ethyl adjacent to an activating group) is 3. The lowest BCUT2D eigenvalue weighted by molar-refractivity contribution is -0.879. The minimum Gasteiger partial charge on any atom is -0.553 e. The van der Waals surface area contributed by atoms with Gasteiger partial charge in [0.15, 0.2) is 29.0 Å². The van der Waals surface area contributed by atoms with E-state index in [1.54, 1.807) is 0 Å². The SMILES string of the molecule is CCCCCCCCCCCC(=O)O.CCCCCCCCCCCC(=O)[O-].CN1CCC(OC(=O)C(O)(c2ccccc2)C2CCCC2)C1.CO.COC(=O)CO.COC(=O)[O-].C[N+]1(C)CCC(OC(=O)C(O)(c2ccccc2)C2CCCC2)C1.C[N+]1(C)CCC(OC(=O)C(O)(c2ccccc2)C2CCCC2)C1.O=C=O. The minimum absolute atomic E-state index is 0.0402. The number of quaternary nitrogens is 2. The van der Waals surface area contributed by atoms with Crippen LogP contribution in [-0.2, 0) is 78.8 Å². The molecule has 3 heterocycles. The molecule has 0 amide bonds. The molecule has 6 fully saturated rings. The van der Waals surface area contributed by atoms with Gasteiger partial charge in [-0.3, -0.25) is 4.79 Å². The summed E-state index contributed by atoms with van der Waals surface area (Å²) in [5.41, 5.74) is -2.50. The van der Waals surface area contributed by atoms with Gasteiger partial charge >= 0.3 is 36.0 Å². The van der Waals surface area contributed by atoms with E-state index in [0.717, 1.165) is 184 Å². The monoisotopic (exact) mass is 1580 g/mol. The predicted molar refractivity (Wildman–Crippen MR) is 423 cm³/mol. The first-order valence-corrected chi connectivity index (χ1v) is 41.1. The Morgan fingerprint density at radius 2 is 0.750 bits per heavy atom. The van der Waals surface area contributed by atoms with Crippen molar-refractivity contribution in [1.82, 2.24) is 4.90 Å². The van der Waals surface area contributed by atoms with Gasteiger partial charge in [-0.1, -0.05) is 246 Å². The van der Waals surface area contributed by atoms with Gasteiger partial charge in [-0.25, -0.2) is 19.2 Å². The summed E-state index contributed by atoms with van der Waals surface area (Å²) in [7, 11) is 13.9. The molecule has 3 aliphatic carbocycles. The number of carboxylic acids is 2. The Hall–Kier alpha value is -7.19. The van der Waals surface area contributed by atoms with E-state index in [1.807, 2.05) is 98.0 Å². The number of unbranched alkanes of at least 4 members (excludes halogenated alkanes) is 16. The number of carbonyl (C=O) groups excluding carboxylic acids is 8. The summed E-state index contributed by atoms with van der Waals surface area (Å²) in [5.74, 6) is -3.67. The van der Waals surface area contributed by atoms with Crippen molar-refractivity contribution in [2.75, 3.05) is 102 Å². The minimum atomic E-state index is -1.50. The number of methoxy groups -OCH3 is 2. The van der Waals surface area contributed by atoms with Crippen molar-refractivity contribution in [2.24, 2.45) is 17.8 Å². The average molecular weight is 1580 g/mol. The Morgan fingerprint density at radius 1 is 0.464 bits per heavy atom. The Morgan fingerprint density at radius 3 is 0.973 bits per heavy atom. The highest BCUT2D eigenvalue weighted by Crippen LogP contribution is 2.45. The number of aliphatic hydroxyl groups excluding tert-OH is 2. The smallest absolute Gasteiger partial charge is 0.373 e. The van der Waals surface area contributed by atoms with Gasteiger partial charge in [-0.15, -0.1) is 0 Å². The average Bonchev–Trinajstić information content (AvgIpc) is 1.43. The van der Waals surface area contributed by atoms with Crippen molar-refractivity contribution < 1.29 is 117 Å². The van der Waals surface area contributed by atoms with Crippen LogP contribution < -0.4 is 10.2 Å². The molecule has 0 spiro atoms. The third-order valence-electron chi connectivity index (χ3n) is 21.6. The van der Waals surface area contributed by atoms with Crippen LogP contribution in [0.3, 0.4) is 0 Å². The van der Waals surface area contributed by atoms with Crippen LogP contribution in [0.5, 0.6) is 0 Å². The van der Waals surface area contributed by atoms with E-state index in [1.165, 1.54) is 97.0 Å². The number of rotatable bonds is 33. The third-order valence-corrected chi connectivity index (χ3v) is 21.6. The lowest BCUT2D eigenvalue weighted by Gasteiger charge is -2.33. The van der Waals surface area contributed by atoms with E-state index in [0.29, 0.717) is 23.1 Å². The molecule has 6 atom stereocenters. The van der Waals surface area contributed by atoms with Crippen LogP contribution in [0.15, 0.2) is 91.0 Å². The number of ether oxygens (including phenoxy) is 5. The number of aliphatic carboxylic acids is 2. The van der Waals surface area contributed by atoms with Gasteiger partial charge < -0.3 is 88.0 Å². The molecular weight excluding hydrogens is 1440 g/mol. The van der Waals surface area contributed by atoms with Crippen molar-refractivity contribution in [3.8, 4) is 0 Å². The number of benzene rings is 3. The Kier molecular flexibility index (Phi) is 53.8. The molecular formula is C87H141N3O22. The summed E-state index contributed by atoms with van der Waals surface area (Å²) in [6.45, 7) is 9.26. The number of carboxylic acid groups (broad SMARTS) is 3. The van der Waals surface area contributed by atoms with Crippen LogP contribution in [0.1, 0.15) is 255 Å². The molecule has 112 heavy (non-hydrogen) atoms. The van der Waals surface area contributed by atoms with E-state index in [4.69, 9.17) is 49.0 Å². The fourth-order valence-corrected chi connectivity index (χ4v) is 15.3. The molecule has 3 saturated heterocycles. The highest BCUT2D eigenvalue weighted by Gasteiger charge is 2.52. The first-order valence-electron chi connectivity index (χ1n) is 41.1. The second-order valence-corrected chi connectivity index (χ2v) is 31.4. The van der Waals surface area contributed by atoms with Crippen LogP contribution in [0.25, 0.3) is 0 Å². The molecule has 0 bridgehead atoms. The number of likely N-dealkylation sites (tertiary alicyclic amines) is 3. The molecule has 6 N–H and O–H groups in total. The van der Waals surface area contributed by atoms with E-state index >= 15 is 0 Å². The first-order chi connectivity index (χ1) is 53.5. The first kappa shape index (κ1) is 103. The summed E-state index contributed by atoms with van der Waals surface area (Å²) < 4.78 is 26.5. The highest BCUT2D eigenvalue weighted by molar-refractivity contribution is 5.83. The zero-order chi connectivity index (χ0) is 83.9. The van der Waals surface area contributed by atoms with Crippen molar-refractivity contribution in [1.29, 1.82) is 0 Å². The Labute approximate surface area is 668 Å². The summed E-state index contributed by atoms with van der Waals surface area (Å²) in [6.07, 6.45) is 35.4. The van der Waals surface area contributed by atoms with Crippen LogP contribution in [-0.4, -0.2) is 213 Å². The van der Waals surface area contributed by atoms with Crippen LogP contribution in [0, 0.1) is 17.8 Å². The van der Waals surface area contributed by atoms with Gasteiger partial charge in [-0.05, 0) is 87.9 Å². The summed E-state index contributed by atoms with van der Waals surface area (Å²) >= 11 is 0. The number of carbonyl (C=O) groups is 7. The Bertz CT molecular complexity index is 2910. The van der Waals surface area contributed by atoms with Gasteiger partial charge in [0, 0.05) is 70.3 Å². The third kappa shape index (κ3) is 40.2. The van der Waals surface area contributed by atoms with Gasteiger partial charge in [0.2, 0.25) is 0 Å². The topological polar surface area (TPSA) is 371 Å². The number of esters is 4. The van der Waals surface area contributed by atoms with Crippen molar-refractivity contribution in [3.63, 3.8) is 0 Å². The number of hydrogen-bond donors (Lipinski definition) is 6. The predicted octanol–water partition coefficient (Wildman–Crippen LogP) is 11.0. The molecule has 25 nitrogen and oxygen atoms in total. The van der Waals surface area contributed by atoms with E-state index in [9.17, 15) is 49.2 Å². The highest BCUT2D eigenvalue weighted by atomic mass is 16.6. The molecule has 6 aliphatic rings. The normalized spacial score (nSPS) is 19.5. The van der Waals surface area contributed by atoms with Crippen LogP contribution >= 0.6 is 0 Å². The maximum absolute atomic E-state index is 12.9. The maximum atomic E-state index is 12.9. The van der Waals surface area contributed by atoms with E-state index in [-0.39, 0.29) is 48.6 Å². The molecule has 0 aromatic heterocycles. The molecule has 3 aromatic carbocycles. The van der Waals surface area contributed by atoms with Gasteiger partial charge in [0.25, 0.3) is 6.16 Å². The molecule has 6 unspecified atom stereocenters. The van der Waals surface area contributed by atoms with Crippen LogP contribution in [0.4, 0.5) is 4.79 Å². The lowest BCUT2D eigenvalue weighted by atomic mass is 9.80. The standard InChI is InChI=1S/2C19H28NO3.C18H25NO3.2C12H24O2.C3H6O3.C2H4O3.CO2.CH4O/c2*1-20(2)13-12-17(14-20)23-18(21)19(22,16-10-6-7-11-16)15-8-4-3-5-9-15;1-19-12-11-16(13-19)22-17(20)18(21,15-9-5-6-10-15)14-7-3-2-4-8-14;2*1-2-3-4-5-6-7-8-9-10-11-12(13)14;1-6-3(5)2-4;1-5-2(3)4;2-1-3;1-2/h2*3-5,8-9,16-17,22H,6-7,10-14H2,1-2H3;2-4,7-8,15-16,21H,5-6,9-13H2,1H3;2*2-11H2,1H3,(H,13,14);4H,2H2,1H3;1H3,(H,3,4);;2H,1H3/q2*+1;;;;;;;/p-2. The fraction of sp³-hybridized carbons (Fsp3) is 0.701. The molecule has 0 radical (unpaired) electrons. The quantitative estimate of drug-likeness (QED) is 0.0143. The summed E-state index contributed by atoms with van der Waals surface area (Å²) in [4.78, 5) is 96.1. The fourth-order valence-electron chi connectivity index (χ4n) is 15.3. The number of aliphatic hydroxyl groups is 5. The second-order valence-electron chi connectivity index (χ2n) is 31.4. The molecule has 9 rings (SSSR count). The van der Waals surface area contributed by atoms with E-state index < -0.39 is 65.4 Å². The van der Waals surface area contributed by atoms with Gasteiger partial charge in [-0.2, -0.15) is 9.59 Å². The molecule has 25 heteroatoms. The summed E-state index contributed by atoms with van der Waals surface area (Å²) in [5, 5.41) is 76.4. The second kappa shape index (κ2) is 58.6. The zero-order valence-corrected chi connectivity index (χ0v) is 69.4. The van der Waals surface area contributed by atoms with Crippen molar-refractivity contribution in [3.05, 3.63) is 108 Å². The number of hydrogen-bond acceptors (Lipinski definition) is 22.